The van der Waals surface area contributed by atoms with Crippen LogP contribution in [-0.2, 0) is 0 Å². The monoisotopic (exact) mass is 288 g/mol. The topological polar surface area (TPSA) is 0 Å². The van der Waals surface area contributed by atoms with Crippen LogP contribution >= 0.6 is 15.9 Å². The predicted octanol–water partition coefficient (Wildman–Crippen LogP) is 4.99. The fraction of sp³-hybridized carbons (Fsp3) is 0.250. The van der Waals surface area contributed by atoms with Crippen molar-refractivity contribution in [2.24, 2.45) is 0 Å². The average molecular weight is 289 g/mol. The first kappa shape index (κ1) is 12.4. The number of halogens is 1. The van der Waals surface area contributed by atoms with Crippen LogP contribution in [0.3, 0.4) is 0 Å². The third kappa shape index (κ3) is 3.44. The second-order valence-corrected chi connectivity index (χ2v) is 5.00. The molecule has 1 heteroatoms. The highest BCUT2D eigenvalue weighted by molar-refractivity contribution is 9.09. The molecule has 0 N–H and O–H groups in total. The summed E-state index contributed by atoms with van der Waals surface area (Å²) < 4.78 is 0. The van der Waals surface area contributed by atoms with E-state index >= 15 is 0 Å². The number of rotatable bonds is 5. The Hall–Kier alpha value is -1.08. The van der Waals surface area contributed by atoms with Crippen LogP contribution in [0.4, 0.5) is 0 Å². The maximum Gasteiger partial charge on any atom is 0.00896 e. The molecule has 0 bridgehead atoms. The first-order valence-corrected chi connectivity index (χ1v) is 7.20. The van der Waals surface area contributed by atoms with E-state index in [2.05, 4.69) is 76.6 Å². The van der Waals surface area contributed by atoms with E-state index < -0.39 is 0 Å². The summed E-state index contributed by atoms with van der Waals surface area (Å²) in [7, 11) is 0. The molecule has 0 aliphatic rings. The molecule has 0 amide bonds. The summed E-state index contributed by atoms with van der Waals surface area (Å²) in [4.78, 5) is 0. The Labute approximate surface area is 112 Å². The zero-order chi connectivity index (χ0) is 11.9. The molecule has 0 atom stereocenters. The SMILES string of the molecule is BrCCCC(c1ccccc1)c1ccccc1. The molecular formula is C16H17Br. The molecule has 0 aliphatic carbocycles. The Morgan fingerprint density at radius 1 is 0.765 bits per heavy atom. The lowest BCUT2D eigenvalue weighted by molar-refractivity contribution is 0.705. The number of hydrogen-bond donors (Lipinski definition) is 0. The van der Waals surface area contributed by atoms with E-state index in [1.807, 2.05) is 0 Å². The van der Waals surface area contributed by atoms with Crippen LogP contribution in [0, 0.1) is 0 Å². The zero-order valence-electron chi connectivity index (χ0n) is 9.85. The van der Waals surface area contributed by atoms with E-state index in [9.17, 15) is 0 Å². The van der Waals surface area contributed by atoms with Crippen molar-refractivity contribution in [2.75, 3.05) is 5.33 Å². The van der Waals surface area contributed by atoms with Crippen LogP contribution in [0.25, 0.3) is 0 Å². The first-order valence-electron chi connectivity index (χ1n) is 6.07. The highest BCUT2D eigenvalue weighted by atomic mass is 79.9. The van der Waals surface area contributed by atoms with E-state index in [0.717, 1.165) is 5.33 Å². The molecule has 88 valence electrons. The fourth-order valence-corrected chi connectivity index (χ4v) is 2.50. The van der Waals surface area contributed by atoms with Crippen LogP contribution in [0.1, 0.15) is 29.9 Å². The largest absolute Gasteiger partial charge is 0.0928 e. The molecule has 0 saturated carbocycles. The minimum absolute atomic E-state index is 0.523. The van der Waals surface area contributed by atoms with Gasteiger partial charge in [-0.3, -0.25) is 0 Å². The van der Waals surface area contributed by atoms with Gasteiger partial charge in [-0.2, -0.15) is 0 Å². The number of hydrogen-bond acceptors (Lipinski definition) is 0. The van der Waals surface area contributed by atoms with E-state index in [1.165, 1.54) is 24.0 Å². The van der Waals surface area contributed by atoms with E-state index in [4.69, 9.17) is 0 Å². The van der Waals surface area contributed by atoms with Crippen LogP contribution in [0.15, 0.2) is 60.7 Å². The Balaban J connectivity index is 2.26. The van der Waals surface area contributed by atoms with Crippen LogP contribution in [0.2, 0.25) is 0 Å². The van der Waals surface area contributed by atoms with Gasteiger partial charge in [-0.1, -0.05) is 76.6 Å². The van der Waals surface area contributed by atoms with Crippen molar-refractivity contribution in [1.82, 2.24) is 0 Å². The van der Waals surface area contributed by atoms with Gasteiger partial charge in [0.1, 0.15) is 0 Å². The molecule has 0 aliphatic heterocycles. The first-order chi connectivity index (χ1) is 8.42. The molecule has 0 heterocycles. The fourth-order valence-electron chi connectivity index (χ4n) is 2.18. The molecular weight excluding hydrogens is 272 g/mol. The van der Waals surface area contributed by atoms with E-state index in [1.54, 1.807) is 0 Å². The lowest BCUT2D eigenvalue weighted by Crippen LogP contribution is -2.01. The molecule has 0 aromatic heterocycles. The third-order valence-electron chi connectivity index (χ3n) is 3.03. The highest BCUT2D eigenvalue weighted by Crippen LogP contribution is 2.29. The molecule has 2 rings (SSSR count). The molecule has 0 fully saturated rings. The van der Waals surface area contributed by atoms with Gasteiger partial charge in [-0.25, -0.2) is 0 Å². The number of benzene rings is 2. The molecule has 2 aromatic carbocycles. The molecule has 2 aromatic rings. The van der Waals surface area contributed by atoms with Crippen LogP contribution in [0.5, 0.6) is 0 Å². The summed E-state index contributed by atoms with van der Waals surface area (Å²) in [6.07, 6.45) is 2.40. The van der Waals surface area contributed by atoms with Gasteiger partial charge >= 0.3 is 0 Å². The van der Waals surface area contributed by atoms with Gasteiger partial charge in [-0.15, -0.1) is 0 Å². The molecule has 0 radical (unpaired) electrons. The summed E-state index contributed by atoms with van der Waals surface area (Å²) in [5, 5.41) is 1.07. The highest BCUT2D eigenvalue weighted by Gasteiger charge is 2.12. The van der Waals surface area contributed by atoms with Crippen LogP contribution in [-0.4, -0.2) is 5.33 Å². The normalized spacial score (nSPS) is 10.7. The van der Waals surface area contributed by atoms with Gasteiger partial charge in [0.25, 0.3) is 0 Å². The molecule has 0 saturated heterocycles. The van der Waals surface area contributed by atoms with Gasteiger partial charge in [0.2, 0.25) is 0 Å². The molecule has 0 unspecified atom stereocenters. The Morgan fingerprint density at radius 3 is 1.65 bits per heavy atom. The van der Waals surface area contributed by atoms with Gasteiger partial charge in [0.15, 0.2) is 0 Å². The van der Waals surface area contributed by atoms with E-state index in [-0.39, 0.29) is 0 Å². The Morgan fingerprint density at radius 2 is 1.24 bits per heavy atom. The van der Waals surface area contributed by atoms with Crippen molar-refractivity contribution in [2.45, 2.75) is 18.8 Å². The minimum Gasteiger partial charge on any atom is -0.0928 e. The third-order valence-corrected chi connectivity index (χ3v) is 3.59. The molecule has 17 heavy (non-hydrogen) atoms. The van der Waals surface area contributed by atoms with Crippen LogP contribution < -0.4 is 0 Å². The summed E-state index contributed by atoms with van der Waals surface area (Å²) in [5.74, 6) is 0.523. The lowest BCUT2D eigenvalue weighted by Gasteiger charge is -2.17. The summed E-state index contributed by atoms with van der Waals surface area (Å²) >= 11 is 3.52. The van der Waals surface area contributed by atoms with Crippen molar-refractivity contribution < 1.29 is 0 Å². The van der Waals surface area contributed by atoms with Gasteiger partial charge in [-0.05, 0) is 24.0 Å². The van der Waals surface area contributed by atoms with Gasteiger partial charge in [0, 0.05) is 11.2 Å². The Kier molecular flexibility index (Phi) is 4.81. The van der Waals surface area contributed by atoms with Gasteiger partial charge < -0.3 is 0 Å². The standard InChI is InChI=1S/C16H17Br/c17-13-7-12-16(14-8-3-1-4-9-14)15-10-5-2-6-11-15/h1-6,8-11,16H,7,12-13H2. The summed E-state index contributed by atoms with van der Waals surface area (Å²) in [6, 6.07) is 21.6. The van der Waals surface area contributed by atoms with Crippen molar-refractivity contribution in [3.8, 4) is 0 Å². The summed E-state index contributed by atoms with van der Waals surface area (Å²) in [5.41, 5.74) is 2.83. The second kappa shape index (κ2) is 6.61. The average Bonchev–Trinajstić information content (AvgIpc) is 2.42. The van der Waals surface area contributed by atoms with Crippen molar-refractivity contribution in [3.05, 3.63) is 71.8 Å². The smallest absolute Gasteiger partial charge is 0.00896 e. The molecule has 0 spiro atoms. The Bertz CT molecular complexity index is 382. The summed E-state index contributed by atoms with van der Waals surface area (Å²) in [6.45, 7) is 0. The maximum atomic E-state index is 3.52. The number of alkyl halides is 1. The van der Waals surface area contributed by atoms with Crippen molar-refractivity contribution in [3.63, 3.8) is 0 Å². The van der Waals surface area contributed by atoms with Gasteiger partial charge in [0.05, 0.1) is 0 Å². The molecule has 0 nitrogen and oxygen atoms in total. The lowest BCUT2D eigenvalue weighted by atomic mass is 9.88. The predicted molar refractivity (Wildman–Crippen MR) is 77.8 cm³/mol. The van der Waals surface area contributed by atoms with Crippen molar-refractivity contribution >= 4 is 15.9 Å². The van der Waals surface area contributed by atoms with E-state index in [0.29, 0.717) is 5.92 Å². The van der Waals surface area contributed by atoms with Crippen molar-refractivity contribution in [1.29, 1.82) is 0 Å². The minimum atomic E-state index is 0.523. The second-order valence-electron chi connectivity index (χ2n) is 4.21. The quantitative estimate of drug-likeness (QED) is 0.680. The zero-order valence-corrected chi connectivity index (χ0v) is 11.4. The maximum absolute atomic E-state index is 3.52.